The lowest BCUT2D eigenvalue weighted by Gasteiger charge is -2.12. The molecule has 0 aromatic rings. The lowest BCUT2D eigenvalue weighted by Crippen LogP contribution is -2.18. The van der Waals surface area contributed by atoms with Crippen molar-refractivity contribution in [2.45, 2.75) is 46.0 Å². The van der Waals surface area contributed by atoms with Gasteiger partial charge in [-0.05, 0) is 12.8 Å². The second-order valence-corrected chi connectivity index (χ2v) is 3.50. The van der Waals surface area contributed by atoms with Gasteiger partial charge in [-0.1, -0.05) is 33.1 Å². The number of carbonyl (C=O) groups is 1. The Kier molecular flexibility index (Phi) is 8.00. The summed E-state index contributed by atoms with van der Waals surface area (Å²) in [7, 11) is 1.58. The summed E-state index contributed by atoms with van der Waals surface area (Å²) in [5, 5.41) is 0. The molecule has 0 aliphatic carbocycles. The molecule has 1 unspecified atom stereocenters. The third-order valence-corrected chi connectivity index (χ3v) is 2.39. The third-order valence-electron chi connectivity index (χ3n) is 2.39. The molecule has 0 bridgehead atoms. The van der Waals surface area contributed by atoms with E-state index < -0.39 is 0 Å². The molecule has 2 heteroatoms. The zero-order valence-electron chi connectivity index (χ0n) is 9.14. The molecule has 0 aliphatic rings. The van der Waals surface area contributed by atoms with Crippen LogP contribution in [0.1, 0.15) is 46.0 Å². The summed E-state index contributed by atoms with van der Waals surface area (Å²) in [6, 6.07) is 0. The van der Waals surface area contributed by atoms with Crippen molar-refractivity contribution in [1.82, 2.24) is 0 Å². The molecule has 0 spiro atoms. The SMILES string of the molecule is CCCCCC(CC)C(=O)COC. The van der Waals surface area contributed by atoms with Crippen molar-refractivity contribution in [3.05, 3.63) is 0 Å². The first-order chi connectivity index (χ1) is 6.26. The second-order valence-electron chi connectivity index (χ2n) is 3.50. The molecule has 0 aromatic heterocycles. The number of ether oxygens (including phenoxy) is 1. The van der Waals surface area contributed by atoms with E-state index in [2.05, 4.69) is 13.8 Å². The van der Waals surface area contributed by atoms with Gasteiger partial charge in [0.2, 0.25) is 0 Å². The van der Waals surface area contributed by atoms with Crippen LogP contribution in [-0.4, -0.2) is 19.5 Å². The molecule has 13 heavy (non-hydrogen) atoms. The van der Waals surface area contributed by atoms with E-state index in [9.17, 15) is 4.79 Å². The summed E-state index contributed by atoms with van der Waals surface area (Å²) in [6.45, 7) is 4.53. The minimum atomic E-state index is 0.228. The van der Waals surface area contributed by atoms with Gasteiger partial charge >= 0.3 is 0 Å². The number of Topliss-reactive ketones (excluding diaryl/α,β-unsaturated/α-hetero) is 1. The molecule has 0 aliphatic heterocycles. The van der Waals surface area contributed by atoms with Crippen molar-refractivity contribution in [2.75, 3.05) is 13.7 Å². The maximum atomic E-state index is 11.4. The van der Waals surface area contributed by atoms with Gasteiger partial charge in [0.1, 0.15) is 6.61 Å². The molecule has 1 atom stereocenters. The van der Waals surface area contributed by atoms with Crippen molar-refractivity contribution in [3.8, 4) is 0 Å². The zero-order valence-corrected chi connectivity index (χ0v) is 9.14. The fourth-order valence-electron chi connectivity index (χ4n) is 1.49. The lowest BCUT2D eigenvalue weighted by molar-refractivity contribution is -0.126. The number of rotatable bonds is 8. The molecular formula is C11H22O2. The minimum absolute atomic E-state index is 0.228. The Hall–Kier alpha value is -0.370. The molecule has 0 N–H and O–H groups in total. The molecule has 0 amide bonds. The van der Waals surface area contributed by atoms with Gasteiger partial charge in [0.15, 0.2) is 5.78 Å². The average Bonchev–Trinajstić information content (AvgIpc) is 2.13. The number of hydrogen-bond acceptors (Lipinski definition) is 2. The van der Waals surface area contributed by atoms with Gasteiger partial charge < -0.3 is 4.74 Å². The van der Waals surface area contributed by atoms with Crippen molar-refractivity contribution < 1.29 is 9.53 Å². The van der Waals surface area contributed by atoms with Crippen LogP contribution in [0.15, 0.2) is 0 Å². The van der Waals surface area contributed by atoms with Crippen LogP contribution in [0.3, 0.4) is 0 Å². The van der Waals surface area contributed by atoms with Gasteiger partial charge in [0, 0.05) is 13.0 Å². The summed E-state index contributed by atoms with van der Waals surface area (Å²) in [5.74, 6) is 0.493. The van der Waals surface area contributed by atoms with E-state index in [4.69, 9.17) is 4.74 Å². The number of carbonyl (C=O) groups excluding carboxylic acids is 1. The summed E-state index contributed by atoms with van der Waals surface area (Å²) in [5.41, 5.74) is 0. The fraction of sp³-hybridized carbons (Fsp3) is 0.909. The molecule has 0 radical (unpaired) electrons. The Morgan fingerprint density at radius 2 is 2.00 bits per heavy atom. The third kappa shape index (κ3) is 5.81. The highest BCUT2D eigenvalue weighted by atomic mass is 16.5. The lowest BCUT2D eigenvalue weighted by atomic mass is 9.95. The molecule has 0 aromatic carbocycles. The fourth-order valence-corrected chi connectivity index (χ4v) is 1.49. The van der Waals surface area contributed by atoms with Gasteiger partial charge in [0.25, 0.3) is 0 Å². The van der Waals surface area contributed by atoms with Crippen LogP contribution < -0.4 is 0 Å². The molecule has 0 rings (SSSR count). The normalized spacial score (nSPS) is 12.8. The Morgan fingerprint density at radius 1 is 1.31 bits per heavy atom. The van der Waals surface area contributed by atoms with E-state index in [1.54, 1.807) is 7.11 Å². The standard InChI is InChI=1S/C11H22O2/c1-4-6-7-8-10(5-2)11(12)9-13-3/h10H,4-9H2,1-3H3. The van der Waals surface area contributed by atoms with E-state index in [-0.39, 0.29) is 18.3 Å². The number of methoxy groups -OCH3 is 1. The minimum Gasteiger partial charge on any atom is -0.377 e. The molecule has 2 nitrogen and oxygen atoms in total. The van der Waals surface area contributed by atoms with Gasteiger partial charge in [-0.2, -0.15) is 0 Å². The van der Waals surface area contributed by atoms with Crippen LogP contribution in [0.4, 0.5) is 0 Å². The van der Waals surface area contributed by atoms with Gasteiger partial charge in [0.05, 0.1) is 0 Å². The van der Waals surface area contributed by atoms with Crippen molar-refractivity contribution in [2.24, 2.45) is 5.92 Å². The highest BCUT2D eigenvalue weighted by Crippen LogP contribution is 2.14. The Balaban J connectivity index is 3.67. The molecule has 0 saturated heterocycles. The smallest absolute Gasteiger partial charge is 0.161 e. The summed E-state index contributed by atoms with van der Waals surface area (Å²) in [4.78, 5) is 11.4. The number of unbranched alkanes of at least 4 members (excludes halogenated alkanes) is 2. The Bertz CT molecular complexity index is 132. The summed E-state index contributed by atoms with van der Waals surface area (Å²) in [6.07, 6.45) is 5.61. The maximum Gasteiger partial charge on any atom is 0.161 e. The van der Waals surface area contributed by atoms with Crippen LogP contribution in [0.2, 0.25) is 0 Å². The van der Waals surface area contributed by atoms with Crippen LogP contribution in [0.5, 0.6) is 0 Å². The monoisotopic (exact) mass is 186 g/mol. The van der Waals surface area contributed by atoms with Crippen LogP contribution in [0.25, 0.3) is 0 Å². The number of ketones is 1. The predicted octanol–water partition coefficient (Wildman–Crippen LogP) is 2.81. The zero-order chi connectivity index (χ0) is 10.1. The summed E-state index contributed by atoms with van der Waals surface area (Å²) >= 11 is 0. The maximum absolute atomic E-state index is 11.4. The van der Waals surface area contributed by atoms with Crippen molar-refractivity contribution in [3.63, 3.8) is 0 Å². The molecule has 0 heterocycles. The van der Waals surface area contributed by atoms with Gasteiger partial charge in [-0.15, -0.1) is 0 Å². The first kappa shape index (κ1) is 12.6. The topological polar surface area (TPSA) is 26.3 Å². The molecular weight excluding hydrogens is 164 g/mol. The van der Waals surface area contributed by atoms with Crippen LogP contribution >= 0.6 is 0 Å². The van der Waals surface area contributed by atoms with Crippen molar-refractivity contribution >= 4 is 5.78 Å². The van der Waals surface area contributed by atoms with Gasteiger partial charge in [-0.3, -0.25) is 4.79 Å². The average molecular weight is 186 g/mol. The highest BCUT2D eigenvalue weighted by molar-refractivity contribution is 5.82. The first-order valence-corrected chi connectivity index (χ1v) is 5.27. The van der Waals surface area contributed by atoms with E-state index in [0.717, 1.165) is 12.8 Å². The molecule has 0 fully saturated rings. The van der Waals surface area contributed by atoms with Crippen LogP contribution in [0, 0.1) is 5.92 Å². The van der Waals surface area contributed by atoms with E-state index in [1.807, 2.05) is 0 Å². The second kappa shape index (κ2) is 8.24. The summed E-state index contributed by atoms with van der Waals surface area (Å²) < 4.78 is 4.84. The largest absolute Gasteiger partial charge is 0.377 e. The Morgan fingerprint density at radius 3 is 2.46 bits per heavy atom. The van der Waals surface area contributed by atoms with E-state index in [0.29, 0.717) is 0 Å². The highest BCUT2D eigenvalue weighted by Gasteiger charge is 2.14. The Labute approximate surface area is 81.7 Å². The van der Waals surface area contributed by atoms with Gasteiger partial charge in [-0.25, -0.2) is 0 Å². The quantitative estimate of drug-likeness (QED) is 0.545. The van der Waals surface area contributed by atoms with E-state index >= 15 is 0 Å². The number of hydrogen-bond donors (Lipinski definition) is 0. The van der Waals surface area contributed by atoms with Crippen LogP contribution in [-0.2, 0) is 9.53 Å². The molecule has 78 valence electrons. The van der Waals surface area contributed by atoms with Crippen molar-refractivity contribution in [1.29, 1.82) is 0 Å². The van der Waals surface area contributed by atoms with E-state index in [1.165, 1.54) is 19.3 Å². The first-order valence-electron chi connectivity index (χ1n) is 5.27. The predicted molar refractivity (Wildman–Crippen MR) is 54.8 cm³/mol. The molecule has 0 saturated carbocycles.